The molecule has 0 aliphatic rings. The summed E-state index contributed by atoms with van der Waals surface area (Å²) in [6.07, 6.45) is 2.11. The lowest BCUT2D eigenvalue weighted by Crippen LogP contribution is -2.33. The fraction of sp³-hybridized carbons (Fsp3) is 0.857. The van der Waals surface area contributed by atoms with Crippen molar-refractivity contribution in [2.24, 2.45) is 0 Å². The molecule has 11 heavy (non-hydrogen) atoms. The van der Waals surface area contributed by atoms with Crippen molar-refractivity contribution in [2.45, 2.75) is 25.6 Å². The molecule has 0 heterocycles. The highest BCUT2D eigenvalue weighted by atomic mass is 32.2. The highest BCUT2D eigenvalue weighted by Crippen LogP contribution is 2.06. The van der Waals surface area contributed by atoms with Crippen molar-refractivity contribution in [3.05, 3.63) is 6.54 Å². The minimum Gasteiger partial charge on any atom is -0.286 e. The third-order valence-electron chi connectivity index (χ3n) is 1.66. The van der Waals surface area contributed by atoms with Gasteiger partial charge < -0.3 is 0 Å². The molecule has 0 aliphatic carbocycles. The fourth-order valence-electron chi connectivity index (χ4n) is 0.738. The fourth-order valence-corrected chi connectivity index (χ4v) is 1.43. The third kappa shape index (κ3) is 3.72. The molecule has 1 radical (unpaired) electrons. The molecule has 0 aromatic heterocycles. The Hall–Kier alpha value is -0.0900. The van der Waals surface area contributed by atoms with E-state index in [0.717, 1.165) is 6.42 Å². The second-order valence-electron chi connectivity index (χ2n) is 2.69. The van der Waals surface area contributed by atoms with Gasteiger partial charge in [-0.15, -0.1) is 0 Å². The SMILES string of the molecule is CC[CH]N(C)C(C)S(C)(=O)=O. The molecule has 0 rings (SSSR count). The highest BCUT2D eigenvalue weighted by Gasteiger charge is 2.18. The van der Waals surface area contributed by atoms with Gasteiger partial charge in [0.1, 0.15) is 5.37 Å². The Morgan fingerprint density at radius 1 is 1.55 bits per heavy atom. The molecule has 4 heteroatoms. The van der Waals surface area contributed by atoms with Gasteiger partial charge in [-0.05, 0) is 20.4 Å². The van der Waals surface area contributed by atoms with E-state index in [1.54, 1.807) is 18.9 Å². The van der Waals surface area contributed by atoms with Crippen molar-refractivity contribution in [2.75, 3.05) is 13.3 Å². The molecule has 0 aromatic carbocycles. The van der Waals surface area contributed by atoms with Gasteiger partial charge in [-0.1, -0.05) is 6.92 Å². The number of rotatable bonds is 4. The first-order valence-electron chi connectivity index (χ1n) is 3.63. The molecule has 0 bridgehead atoms. The molecular weight excluding hydrogens is 162 g/mol. The summed E-state index contributed by atoms with van der Waals surface area (Å²) in [7, 11) is -1.16. The molecule has 0 saturated heterocycles. The topological polar surface area (TPSA) is 37.4 Å². The average molecular weight is 178 g/mol. The smallest absolute Gasteiger partial charge is 0.163 e. The number of nitrogens with zero attached hydrogens (tertiary/aromatic N) is 1. The van der Waals surface area contributed by atoms with Gasteiger partial charge in [-0.2, -0.15) is 0 Å². The Kier molecular flexibility index (Phi) is 4.03. The van der Waals surface area contributed by atoms with E-state index in [2.05, 4.69) is 0 Å². The van der Waals surface area contributed by atoms with Crippen LogP contribution >= 0.6 is 0 Å². The quantitative estimate of drug-likeness (QED) is 0.641. The van der Waals surface area contributed by atoms with E-state index < -0.39 is 15.2 Å². The molecule has 0 N–H and O–H groups in total. The van der Waals surface area contributed by atoms with Crippen molar-refractivity contribution in [1.29, 1.82) is 0 Å². The minimum absolute atomic E-state index is 0.414. The Morgan fingerprint density at radius 3 is 2.27 bits per heavy atom. The van der Waals surface area contributed by atoms with Gasteiger partial charge in [0.15, 0.2) is 9.84 Å². The van der Waals surface area contributed by atoms with Gasteiger partial charge in [0, 0.05) is 12.8 Å². The van der Waals surface area contributed by atoms with E-state index in [9.17, 15) is 8.42 Å². The lowest BCUT2D eigenvalue weighted by Gasteiger charge is -2.21. The van der Waals surface area contributed by atoms with Crippen LogP contribution in [0.25, 0.3) is 0 Å². The van der Waals surface area contributed by atoms with E-state index in [0.29, 0.717) is 0 Å². The minimum atomic E-state index is -2.93. The van der Waals surface area contributed by atoms with Gasteiger partial charge in [0.2, 0.25) is 0 Å². The number of sulfone groups is 1. The van der Waals surface area contributed by atoms with Crippen LogP contribution < -0.4 is 0 Å². The predicted molar refractivity (Wildman–Crippen MR) is 46.7 cm³/mol. The maximum Gasteiger partial charge on any atom is 0.163 e. The molecular formula is C7H16NO2S. The van der Waals surface area contributed by atoms with Crippen molar-refractivity contribution < 1.29 is 8.42 Å². The van der Waals surface area contributed by atoms with Gasteiger partial charge in [0.05, 0.1) is 0 Å². The predicted octanol–water partition coefficient (Wildman–Crippen LogP) is 0.881. The average Bonchev–Trinajstić information content (AvgIpc) is 1.85. The summed E-state index contributed by atoms with van der Waals surface area (Å²) in [6, 6.07) is 0. The summed E-state index contributed by atoms with van der Waals surface area (Å²) in [6.45, 7) is 5.53. The zero-order valence-corrected chi connectivity index (χ0v) is 8.35. The van der Waals surface area contributed by atoms with Crippen molar-refractivity contribution in [3.8, 4) is 0 Å². The van der Waals surface area contributed by atoms with Crippen LogP contribution in [0.5, 0.6) is 0 Å². The third-order valence-corrected chi connectivity index (χ3v) is 3.24. The Bertz CT molecular complexity index is 198. The molecule has 0 spiro atoms. The molecule has 3 nitrogen and oxygen atoms in total. The van der Waals surface area contributed by atoms with E-state index in [1.165, 1.54) is 6.26 Å². The van der Waals surface area contributed by atoms with E-state index in [4.69, 9.17) is 0 Å². The highest BCUT2D eigenvalue weighted by molar-refractivity contribution is 7.91. The van der Waals surface area contributed by atoms with E-state index >= 15 is 0 Å². The zero-order valence-electron chi connectivity index (χ0n) is 7.53. The summed E-state index contributed by atoms with van der Waals surface area (Å²) >= 11 is 0. The molecule has 0 aromatic rings. The van der Waals surface area contributed by atoms with Crippen molar-refractivity contribution in [3.63, 3.8) is 0 Å². The normalized spacial score (nSPS) is 15.4. The second kappa shape index (κ2) is 4.07. The van der Waals surface area contributed by atoms with Crippen LogP contribution in [-0.4, -0.2) is 32.0 Å². The summed E-state index contributed by atoms with van der Waals surface area (Å²) in [5.41, 5.74) is 0. The van der Waals surface area contributed by atoms with Crippen LogP contribution in [0.15, 0.2) is 0 Å². The standard InChI is InChI=1S/C7H16NO2S/c1-5-6-8(3)7(2)11(4,9)10/h6-7H,5H2,1-4H3. The van der Waals surface area contributed by atoms with Gasteiger partial charge in [-0.25, -0.2) is 8.42 Å². The van der Waals surface area contributed by atoms with Crippen LogP contribution in [0.2, 0.25) is 0 Å². The van der Waals surface area contributed by atoms with Crippen LogP contribution in [0, 0.1) is 6.54 Å². The van der Waals surface area contributed by atoms with Crippen LogP contribution in [0.3, 0.4) is 0 Å². The summed E-state index contributed by atoms with van der Waals surface area (Å²) in [5.74, 6) is 0. The Morgan fingerprint density at radius 2 is 2.00 bits per heavy atom. The Labute approximate surface area is 69.3 Å². The molecule has 1 unspecified atom stereocenters. The zero-order chi connectivity index (χ0) is 9.07. The van der Waals surface area contributed by atoms with Gasteiger partial charge >= 0.3 is 0 Å². The molecule has 0 aliphatic heterocycles. The van der Waals surface area contributed by atoms with E-state index in [1.807, 2.05) is 13.5 Å². The van der Waals surface area contributed by atoms with Crippen LogP contribution in [0.1, 0.15) is 20.3 Å². The van der Waals surface area contributed by atoms with Crippen molar-refractivity contribution >= 4 is 9.84 Å². The van der Waals surface area contributed by atoms with Gasteiger partial charge in [-0.3, -0.25) is 4.90 Å². The monoisotopic (exact) mass is 178 g/mol. The molecule has 0 saturated carbocycles. The van der Waals surface area contributed by atoms with Crippen LogP contribution in [-0.2, 0) is 9.84 Å². The lowest BCUT2D eigenvalue weighted by molar-refractivity contribution is 0.372. The maximum atomic E-state index is 11.0. The molecule has 0 amide bonds. The largest absolute Gasteiger partial charge is 0.286 e. The van der Waals surface area contributed by atoms with Gasteiger partial charge in [0.25, 0.3) is 0 Å². The lowest BCUT2D eigenvalue weighted by atomic mass is 10.4. The molecule has 0 fully saturated rings. The summed E-state index contributed by atoms with van der Waals surface area (Å²) in [5, 5.41) is -0.414. The number of hydrogen-bond donors (Lipinski definition) is 0. The first kappa shape index (κ1) is 10.9. The first-order valence-corrected chi connectivity index (χ1v) is 5.59. The number of hydrogen-bond acceptors (Lipinski definition) is 3. The first-order chi connectivity index (χ1) is 4.89. The molecule has 1 atom stereocenters. The Balaban J connectivity index is 4.14. The molecule has 67 valence electrons. The van der Waals surface area contributed by atoms with Crippen molar-refractivity contribution in [1.82, 2.24) is 4.90 Å². The van der Waals surface area contributed by atoms with E-state index in [-0.39, 0.29) is 0 Å². The second-order valence-corrected chi connectivity index (χ2v) is 5.03. The summed E-state index contributed by atoms with van der Waals surface area (Å²) < 4.78 is 22.0. The maximum absolute atomic E-state index is 11.0. The summed E-state index contributed by atoms with van der Waals surface area (Å²) in [4.78, 5) is 1.72. The van der Waals surface area contributed by atoms with Crippen LogP contribution in [0.4, 0.5) is 0 Å².